The molecule has 2 heterocycles. The second-order valence-corrected chi connectivity index (χ2v) is 10.7. The second kappa shape index (κ2) is 12.0. The number of aromatic nitrogens is 2. The normalized spacial score (nSPS) is 15.4. The third kappa shape index (κ3) is 6.03. The summed E-state index contributed by atoms with van der Waals surface area (Å²) in [5.41, 5.74) is 4.11. The Hall–Kier alpha value is -3.35. The maximum Gasteiger partial charge on any atom is 0.253 e. The van der Waals surface area contributed by atoms with Crippen LogP contribution in [-0.2, 0) is 7.05 Å². The molecule has 0 radical (unpaired) electrons. The zero-order chi connectivity index (χ0) is 26.5. The van der Waals surface area contributed by atoms with E-state index in [4.69, 9.17) is 16.6 Å². The van der Waals surface area contributed by atoms with Gasteiger partial charge in [0.25, 0.3) is 5.91 Å². The van der Waals surface area contributed by atoms with Gasteiger partial charge in [0.1, 0.15) is 0 Å². The molecule has 4 aromatic rings. The monoisotopic (exact) mass is 529 g/mol. The first kappa shape index (κ1) is 26.3. The molecule has 38 heavy (non-hydrogen) atoms. The van der Waals surface area contributed by atoms with Gasteiger partial charge in [-0.05, 0) is 67.9 Å². The van der Waals surface area contributed by atoms with E-state index in [1.165, 1.54) is 11.1 Å². The van der Waals surface area contributed by atoms with Crippen LogP contribution < -0.4 is 4.90 Å². The minimum absolute atomic E-state index is 0.0468. The first-order valence-corrected chi connectivity index (χ1v) is 13.8. The maximum atomic E-state index is 13.1. The molecule has 1 saturated heterocycles. The van der Waals surface area contributed by atoms with Gasteiger partial charge in [0.2, 0.25) is 5.95 Å². The van der Waals surface area contributed by atoms with Crippen molar-refractivity contribution in [2.45, 2.75) is 18.8 Å². The van der Waals surface area contributed by atoms with Gasteiger partial charge in [-0.15, -0.1) is 0 Å². The lowest BCUT2D eigenvalue weighted by Gasteiger charge is -2.28. The number of imidazole rings is 1. The largest absolute Gasteiger partial charge is 0.341 e. The van der Waals surface area contributed by atoms with Crippen LogP contribution in [0.1, 0.15) is 34.7 Å². The van der Waals surface area contributed by atoms with Crippen molar-refractivity contribution in [3.8, 4) is 0 Å². The highest BCUT2D eigenvalue weighted by Gasteiger charge is 2.23. The van der Waals surface area contributed by atoms with Crippen molar-refractivity contribution in [2.24, 2.45) is 7.05 Å². The van der Waals surface area contributed by atoms with Gasteiger partial charge in [-0.25, -0.2) is 4.98 Å². The first-order valence-electron chi connectivity index (χ1n) is 13.4. The molecule has 7 heteroatoms. The van der Waals surface area contributed by atoms with Crippen LogP contribution in [0.25, 0.3) is 11.0 Å². The summed E-state index contributed by atoms with van der Waals surface area (Å²) in [6, 6.07) is 25.9. The molecule has 1 unspecified atom stereocenters. The van der Waals surface area contributed by atoms with Crippen LogP contribution in [-0.4, -0.2) is 71.6 Å². The van der Waals surface area contributed by atoms with Crippen molar-refractivity contribution >= 4 is 34.5 Å². The predicted molar refractivity (Wildman–Crippen MR) is 156 cm³/mol. The lowest BCUT2D eigenvalue weighted by molar-refractivity contribution is 0.0783. The van der Waals surface area contributed by atoms with Crippen molar-refractivity contribution in [3.63, 3.8) is 0 Å². The molecule has 0 saturated carbocycles. The van der Waals surface area contributed by atoms with Crippen LogP contribution in [0.2, 0.25) is 5.02 Å². The molecule has 0 aliphatic carbocycles. The Morgan fingerprint density at radius 1 is 0.974 bits per heavy atom. The van der Waals surface area contributed by atoms with Crippen molar-refractivity contribution in [1.29, 1.82) is 0 Å². The number of rotatable bonds is 8. The number of halogens is 1. The quantitative estimate of drug-likeness (QED) is 0.294. The highest BCUT2D eigenvalue weighted by atomic mass is 35.5. The second-order valence-electron chi connectivity index (χ2n) is 10.2. The van der Waals surface area contributed by atoms with Gasteiger partial charge >= 0.3 is 0 Å². The maximum absolute atomic E-state index is 13.1. The number of hydrogen-bond acceptors (Lipinski definition) is 4. The molecule has 1 amide bonds. The molecule has 1 fully saturated rings. The van der Waals surface area contributed by atoms with E-state index in [-0.39, 0.29) is 11.8 Å². The van der Waals surface area contributed by atoms with Gasteiger partial charge < -0.3 is 19.3 Å². The molecule has 0 spiro atoms. The smallest absolute Gasteiger partial charge is 0.253 e. The molecular weight excluding hydrogens is 494 g/mol. The van der Waals surface area contributed by atoms with E-state index >= 15 is 0 Å². The van der Waals surface area contributed by atoms with E-state index in [9.17, 15) is 4.79 Å². The summed E-state index contributed by atoms with van der Waals surface area (Å²) in [7, 11) is 4.00. The van der Waals surface area contributed by atoms with Gasteiger partial charge in [-0.2, -0.15) is 0 Å². The molecule has 6 nitrogen and oxygen atoms in total. The molecule has 1 aromatic heterocycles. The van der Waals surface area contributed by atoms with Crippen LogP contribution in [0, 0.1) is 0 Å². The van der Waals surface area contributed by atoms with Crippen molar-refractivity contribution < 1.29 is 4.79 Å². The van der Waals surface area contributed by atoms with Crippen LogP contribution in [0.3, 0.4) is 0 Å². The fraction of sp³-hybridized carbons (Fsp3) is 0.355. The van der Waals surface area contributed by atoms with Crippen LogP contribution in [0.5, 0.6) is 0 Å². The highest BCUT2D eigenvalue weighted by molar-refractivity contribution is 6.30. The minimum Gasteiger partial charge on any atom is -0.341 e. The minimum atomic E-state index is 0.0468. The summed E-state index contributed by atoms with van der Waals surface area (Å²) in [6.07, 6.45) is 2.05. The molecule has 1 aliphatic heterocycles. The van der Waals surface area contributed by atoms with Crippen LogP contribution in [0.4, 0.5) is 5.95 Å². The van der Waals surface area contributed by atoms with E-state index in [1.54, 1.807) is 0 Å². The Morgan fingerprint density at radius 3 is 2.55 bits per heavy atom. The average Bonchev–Trinajstić information content (AvgIpc) is 3.11. The Kier molecular flexibility index (Phi) is 8.30. The fourth-order valence-electron chi connectivity index (χ4n) is 5.49. The van der Waals surface area contributed by atoms with Gasteiger partial charge in [0, 0.05) is 56.8 Å². The van der Waals surface area contributed by atoms with E-state index in [0.717, 1.165) is 67.6 Å². The number of fused-ring (bicyclic) bond motifs is 1. The molecular formula is C31H36ClN5O. The predicted octanol–water partition coefficient (Wildman–Crippen LogP) is 5.68. The van der Waals surface area contributed by atoms with Crippen molar-refractivity contribution in [1.82, 2.24) is 19.4 Å². The van der Waals surface area contributed by atoms with Gasteiger partial charge in [0.15, 0.2) is 0 Å². The number of hydrogen-bond donors (Lipinski definition) is 0. The summed E-state index contributed by atoms with van der Waals surface area (Å²) in [5.74, 6) is 1.29. The summed E-state index contributed by atoms with van der Waals surface area (Å²) in [4.78, 5) is 24.8. The molecule has 1 aliphatic rings. The van der Waals surface area contributed by atoms with Crippen molar-refractivity contribution in [3.05, 3.63) is 95.0 Å². The standard InChI is InChI=1S/C31H36ClN5O/c1-34(30(38)24-10-4-3-5-11-24)23-26(25-12-8-13-27(32)22-25)16-19-36-17-9-18-37(21-20-36)31-33-28-14-6-7-15-29(28)35(31)2/h3-8,10-15,22,26H,9,16-21,23H2,1-2H3. The summed E-state index contributed by atoms with van der Waals surface area (Å²) in [6.45, 7) is 5.62. The highest BCUT2D eigenvalue weighted by Crippen LogP contribution is 2.26. The summed E-state index contributed by atoms with van der Waals surface area (Å²) < 4.78 is 2.21. The van der Waals surface area contributed by atoms with E-state index < -0.39 is 0 Å². The number of anilines is 1. The number of para-hydroxylation sites is 2. The van der Waals surface area contributed by atoms with Gasteiger partial charge in [0.05, 0.1) is 11.0 Å². The molecule has 0 bridgehead atoms. The number of carbonyl (C=O) groups is 1. The molecule has 1 atom stereocenters. The van der Waals surface area contributed by atoms with Gasteiger partial charge in [-0.3, -0.25) is 4.79 Å². The summed E-state index contributed by atoms with van der Waals surface area (Å²) >= 11 is 6.37. The lowest BCUT2D eigenvalue weighted by atomic mass is 9.94. The van der Waals surface area contributed by atoms with Crippen LogP contribution in [0.15, 0.2) is 78.9 Å². The molecule has 3 aromatic carbocycles. The van der Waals surface area contributed by atoms with E-state index in [1.807, 2.05) is 66.5 Å². The Labute approximate surface area is 230 Å². The number of carbonyl (C=O) groups excluding carboxylic acids is 1. The number of amides is 1. The Morgan fingerprint density at radius 2 is 1.76 bits per heavy atom. The van der Waals surface area contributed by atoms with E-state index in [0.29, 0.717) is 6.54 Å². The number of likely N-dealkylation sites (N-methyl/N-ethyl adjacent to an activating group) is 1. The van der Waals surface area contributed by atoms with Crippen LogP contribution >= 0.6 is 11.6 Å². The Balaban J connectivity index is 1.24. The summed E-state index contributed by atoms with van der Waals surface area (Å²) in [5, 5.41) is 0.734. The first-order chi connectivity index (χ1) is 18.5. The Bertz CT molecular complexity index is 1370. The third-order valence-electron chi connectivity index (χ3n) is 7.61. The lowest BCUT2D eigenvalue weighted by Crippen LogP contribution is -2.35. The fourth-order valence-corrected chi connectivity index (χ4v) is 5.69. The SMILES string of the molecule is CN(CC(CCN1CCCN(c2nc3ccccc3n2C)CC1)c1cccc(Cl)c1)C(=O)c1ccccc1. The molecule has 198 valence electrons. The van der Waals surface area contributed by atoms with E-state index in [2.05, 4.69) is 45.7 Å². The zero-order valence-electron chi connectivity index (χ0n) is 22.3. The van der Waals surface area contributed by atoms with Gasteiger partial charge in [-0.1, -0.05) is 54.1 Å². The molecule has 0 N–H and O–H groups in total. The number of aryl methyl sites for hydroxylation is 1. The van der Waals surface area contributed by atoms with Crippen molar-refractivity contribution in [2.75, 3.05) is 51.2 Å². The molecule has 5 rings (SSSR count). The topological polar surface area (TPSA) is 44.6 Å². The zero-order valence-corrected chi connectivity index (χ0v) is 23.0. The average molecular weight is 530 g/mol. The number of nitrogens with zero attached hydrogens (tertiary/aromatic N) is 5. The third-order valence-corrected chi connectivity index (χ3v) is 7.85. The number of benzene rings is 3.